The van der Waals surface area contributed by atoms with Gasteiger partial charge in [-0.1, -0.05) is 0 Å². The van der Waals surface area contributed by atoms with E-state index >= 15 is 0 Å². The van der Waals surface area contributed by atoms with E-state index in [1.54, 1.807) is 12.3 Å². The number of carbonyl (C=O) groups is 2. The Hall–Kier alpha value is -1.47. The molecule has 2 atom stereocenters. The average Bonchev–Trinajstić information content (AvgIpc) is 2.63. The Morgan fingerprint density at radius 1 is 1.50 bits per heavy atom. The average molecular weight is 271 g/mol. The predicted molar refractivity (Wildman–Crippen MR) is 69.6 cm³/mol. The maximum Gasteiger partial charge on any atom is 0.271 e. The minimum Gasteiger partial charge on any atom is -0.393 e. The number of nitrogens with one attached hydrogen (secondary N) is 2. The van der Waals surface area contributed by atoms with Gasteiger partial charge in [0, 0.05) is 18.3 Å². The molecule has 1 rings (SSSR count). The van der Waals surface area contributed by atoms with E-state index in [1.165, 1.54) is 18.3 Å². The predicted octanol–water partition coefficient (Wildman–Crippen LogP) is 0.991. The fourth-order valence-corrected chi connectivity index (χ4v) is 2.19. The molecule has 0 saturated heterocycles. The van der Waals surface area contributed by atoms with Crippen LogP contribution < -0.4 is 10.6 Å². The summed E-state index contributed by atoms with van der Waals surface area (Å²) in [7, 11) is 0. The smallest absolute Gasteiger partial charge is 0.271 e. The van der Waals surface area contributed by atoms with Gasteiger partial charge in [-0.05, 0) is 20.3 Å². The number of hydrogen-bond donors (Lipinski definition) is 3. The van der Waals surface area contributed by atoms with E-state index in [0.29, 0.717) is 11.6 Å². The Bertz CT molecular complexity index is 431. The van der Waals surface area contributed by atoms with Crippen LogP contribution in [0.25, 0.3) is 0 Å². The maximum atomic E-state index is 11.8. The van der Waals surface area contributed by atoms with E-state index in [9.17, 15) is 14.7 Å². The van der Waals surface area contributed by atoms with Crippen molar-refractivity contribution in [2.75, 3.05) is 5.32 Å². The number of carbonyl (C=O) groups excluding carboxylic acids is 2. The van der Waals surface area contributed by atoms with Crippen molar-refractivity contribution in [2.24, 2.45) is 0 Å². The van der Waals surface area contributed by atoms with Gasteiger partial charge in [0.15, 0.2) is 5.13 Å². The molecule has 1 aromatic heterocycles. The minimum atomic E-state index is -0.467. The number of anilines is 1. The van der Waals surface area contributed by atoms with Gasteiger partial charge in [0.1, 0.15) is 5.69 Å². The minimum absolute atomic E-state index is 0.136. The summed E-state index contributed by atoms with van der Waals surface area (Å²) in [6.07, 6.45) is 0.0136. The molecule has 0 radical (unpaired) electrons. The summed E-state index contributed by atoms with van der Waals surface area (Å²) in [5.41, 5.74) is 0.265. The number of amides is 2. The van der Waals surface area contributed by atoms with Gasteiger partial charge in [-0.2, -0.15) is 0 Å². The molecule has 0 bridgehead atoms. The van der Waals surface area contributed by atoms with Crippen LogP contribution in [-0.4, -0.2) is 34.1 Å². The number of hydrogen-bond acceptors (Lipinski definition) is 5. The van der Waals surface area contributed by atoms with Crippen LogP contribution in [0.15, 0.2) is 5.38 Å². The lowest BCUT2D eigenvalue weighted by Crippen LogP contribution is -2.34. The zero-order valence-corrected chi connectivity index (χ0v) is 11.4. The van der Waals surface area contributed by atoms with Crippen molar-refractivity contribution < 1.29 is 14.7 Å². The van der Waals surface area contributed by atoms with Crippen molar-refractivity contribution in [1.29, 1.82) is 0 Å². The first-order valence-corrected chi connectivity index (χ1v) is 6.48. The molecule has 18 heavy (non-hydrogen) atoms. The van der Waals surface area contributed by atoms with Gasteiger partial charge < -0.3 is 15.7 Å². The molecule has 1 aromatic rings. The first kappa shape index (κ1) is 14.6. The fraction of sp³-hybridized carbons (Fsp3) is 0.545. The summed E-state index contributed by atoms with van der Waals surface area (Å²) in [4.78, 5) is 26.6. The van der Waals surface area contributed by atoms with Crippen LogP contribution in [0.3, 0.4) is 0 Å². The summed E-state index contributed by atoms with van der Waals surface area (Å²) in [5.74, 6) is -0.533. The maximum absolute atomic E-state index is 11.8. The Balaban J connectivity index is 2.56. The summed E-state index contributed by atoms with van der Waals surface area (Å²) in [6.45, 7) is 4.86. The van der Waals surface area contributed by atoms with Crippen molar-refractivity contribution >= 4 is 28.3 Å². The van der Waals surface area contributed by atoms with Crippen LogP contribution in [0.2, 0.25) is 0 Å². The van der Waals surface area contributed by atoms with Crippen LogP contribution in [-0.2, 0) is 4.79 Å². The Morgan fingerprint density at radius 3 is 2.72 bits per heavy atom. The second kappa shape index (κ2) is 6.46. The molecule has 100 valence electrons. The molecule has 0 fully saturated rings. The first-order valence-electron chi connectivity index (χ1n) is 5.60. The third-order valence-electron chi connectivity index (χ3n) is 2.09. The van der Waals surface area contributed by atoms with E-state index in [-0.39, 0.29) is 23.6 Å². The summed E-state index contributed by atoms with van der Waals surface area (Å²) in [6, 6.07) is -0.136. The molecule has 0 spiro atoms. The van der Waals surface area contributed by atoms with E-state index in [4.69, 9.17) is 0 Å². The highest BCUT2D eigenvalue weighted by Gasteiger charge is 2.14. The summed E-state index contributed by atoms with van der Waals surface area (Å²) < 4.78 is 0. The van der Waals surface area contributed by atoms with Gasteiger partial charge in [-0.15, -0.1) is 11.3 Å². The van der Waals surface area contributed by atoms with E-state index in [1.807, 2.05) is 6.92 Å². The Morgan fingerprint density at radius 2 is 2.17 bits per heavy atom. The normalized spacial score (nSPS) is 13.8. The SMILES string of the molecule is CC(=O)Nc1nc(C(=O)NC(C)CC(C)O)cs1. The van der Waals surface area contributed by atoms with E-state index in [2.05, 4.69) is 15.6 Å². The fourth-order valence-electron chi connectivity index (χ4n) is 1.45. The van der Waals surface area contributed by atoms with Crippen LogP contribution >= 0.6 is 11.3 Å². The van der Waals surface area contributed by atoms with Crippen molar-refractivity contribution in [3.05, 3.63) is 11.1 Å². The molecular weight excluding hydrogens is 254 g/mol. The Kier molecular flexibility index (Phi) is 5.24. The third-order valence-corrected chi connectivity index (χ3v) is 2.85. The zero-order chi connectivity index (χ0) is 13.7. The lowest BCUT2D eigenvalue weighted by molar-refractivity contribution is -0.114. The molecular formula is C11H17N3O3S. The second-order valence-corrected chi connectivity index (χ2v) is 5.04. The first-order chi connectivity index (χ1) is 8.38. The topological polar surface area (TPSA) is 91.3 Å². The quantitative estimate of drug-likeness (QED) is 0.744. The zero-order valence-electron chi connectivity index (χ0n) is 10.6. The summed E-state index contributed by atoms with van der Waals surface area (Å²) in [5, 5.41) is 16.4. The number of nitrogens with zero attached hydrogens (tertiary/aromatic N) is 1. The standard InChI is InChI=1S/C11H17N3O3S/c1-6(4-7(2)15)12-10(17)9-5-18-11(14-9)13-8(3)16/h5-7,15H,4H2,1-3H3,(H,12,17)(H,13,14,16). The van der Waals surface area contributed by atoms with Gasteiger partial charge in [0.05, 0.1) is 6.10 Å². The van der Waals surface area contributed by atoms with Gasteiger partial charge >= 0.3 is 0 Å². The van der Waals surface area contributed by atoms with Crippen LogP contribution in [0, 0.1) is 0 Å². The van der Waals surface area contributed by atoms with Crippen LogP contribution in [0.1, 0.15) is 37.7 Å². The number of thiazole rings is 1. The number of aromatic nitrogens is 1. The summed E-state index contributed by atoms with van der Waals surface area (Å²) >= 11 is 1.19. The monoisotopic (exact) mass is 271 g/mol. The molecule has 6 nitrogen and oxygen atoms in total. The largest absolute Gasteiger partial charge is 0.393 e. The van der Waals surface area contributed by atoms with Gasteiger partial charge in [-0.3, -0.25) is 9.59 Å². The van der Waals surface area contributed by atoms with Gasteiger partial charge in [-0.25, -0.2) is 4.98 Å². The molecule has 0 saturated carbocycles. The number of aliphatic hydroxyl groups excluding tert-OH is 1. The lowest BCUT2D eigenvalue weighted by Gasteiger charge is -2.14. The molecule has 1 heterocycles. The van der Waals surface area contributed by atoms with Crippen molar-refractivity contribution in [3.63, 3.8) is 0 Å². The van der Waals surface area contributed by atoms with E-state index in [0.717, 1.165) is 0 Å². The molecule has 0 aliphatic heterocycles. The molecule has 7 heteroatoms. The number of rotatable bonds is 5. The molecule has 2 amide bonds. The highest BCUT2D eigenvalue weighted by molar-refractivity contribution is 7.14. The molecule has 0 aliphatic rings. The number of aliphatic hydroxyl groups is 1. The Labute approximate surface area is 109 Å². The highest BCUT2D eigenvalue weighted by atomic mass is 32.1. The van der Waals surface area contributed by atoms with Gasteiger partial charge in [0.25, 0.3) is 5.91 Å². The molecule has 2 unspecified atom stereocenters. The molecule has 0 aliphatic carbocycles. The van der Waals surface area contributed by atoms with Crippen LogP contribution in [0.5, 0.6) is 0 Å². The second-order valence-electron chi connectivity index (χ2n) is 4.18. The van der Waals surface area contributed by atoms with Crippen molar-refractivity contribution in [3.8, 4) is 0 Å². The van der Waals surface area contributed by atoms with Gasteiger partial charge in [0.2, 0.25) is 5.91 Å². The van der Waals surface area contributed by atoms with Crippen LogP contribution in [0.4, 0.5) is 5.13 Å². The van der Waals surface area contributed by atoms with Crippen molar-refractivity contribution in [1.82, 2.24) is 10.3 Å². The van der Waals surface area contributed by atoms with E-state index < -0.39 is 6.10 Å². The highest BCUT2D eigenvalue weighted by Crippen LogP contribution is 2.15. The molecule has 3 N–H and O–H groups in total. The van der Waals surface area contributed by atoms with Crippen molar-refractivity contribution in [2.45, 2.75) is 39.3 Å². The lowest BCUT2D eigenvalue weighted by atomic mass is 10.1. The molecule has 0 aromatic carbocycles. The third kappa shape index (κ3) is 4.80.